The SMILES string of the molecule is CN(C)c1ccc(/C=C2\C(=O)N(c3nc4ccccc4s3)N=C2CSc2ccc(Cl)cc2)cc1. The van der Waals surface area contributed by atoms with E-state index in [0.717, 1.165) is 32.1 Å². The zero-order valence-corrected chi connectivity index (χ0v) is 21.0. The molecule has 0 N–H and O–H groups in total. The van der Waals surface area contributed by atoms with Crippen LogP contribution in [0.15, 0.2) is 88.4 Å². The van der Waals surface area contributed by atoms with Gasteiger partial charge in [0.25, 0.3) is 5.91 Å². The van der Waals surface area contributed by atoms with Crippen molar-refractivity contribution in [2.45, 2.75) is 4.90 Å². The number of fused-ring (bicyclic) bond motifs is 1. The van der Waals surface area contributed by atoms with Crippen LogP contribution < -0.4 is 9.91 Å². The maximum atomic E-state index is 13.5. The minimum absolute atomic E-state index is 0.164. The van der Waals surface area contributed by atoms with Gasteiger partial charge in [0.05, 0.1) is 21.5 Å². The van der Waals surface area contributed by atoms with Crippen molar-refractivity contribution < 1.29 is 4.79 Å². The number of carbonyl (C=O) groups excluding carboxylic acids is 1. The molecule has 5 rings (SSSR count). The van der Waals surface area contributed by atoms with E-state index in [2.05, 4.69) is 4.98 Å². The molecular weight excluding hydrogens is 484 g/mol. The average molecular weight is 505 g/mol. The number of anilines is 2. The van der Waals surface area contributed by atoms with Crippen molar-refractivity contribution in [3.05, 3.63) is 89.0 Å². The second-order valence-corrected chi connectivity index (χ2v) is 10.4. The Morgan fingerprint density at radius 2 is 1.76 bits per heavy atom. The predicted molar refractivity (Wildman–Crippen MR) is 145 cm³/mol. The lowest BCUT2D eigenvalue weighted by Gasteiger charge is -2.12. The molecule has 8 heteroatoms. The van der Waals surface area contributed by atoms with Crippen molar-refractivity contribution in [3.63, 3.8) is 0 Å². The number of hydrogen-bond donors (Lipinski definition) is 0. The maximum absolute atomic E-state index is 13.5. The van der Waals surface area contributed by atoms with Crippen molar-refractivity contribution in [3.8, 4) is 0 Å². The van der Waals surface area contributed by atoms with Gasteiger partial charge in [-0.25, -0.2) is 4.98 Å². The van der Waals surface area contributed by atoms with Crippen LogP contribution in [0.4, 0.5) is 10.8 Å². The first-order chi connectivity index (χ1) is 16.5. The van der Waals surface area contributed by atoms with E-state index in [1.165, 1.54) is 16.3 Å². The van der Waals surface area contributed by atoms with E-state index in [9.17, 15) is 4.79 Å². The summed E-state index contributed by atoms with van der Waals surface area (Å²) >= 11 is 9.10. The smallest absolute Gasteiger partial charge is 0.282 e. The van der Waals surface area contributed by atoms with E-state index in [1.807, 2.05) is 97.9 Å². The second kappa shape index (κ2) is 9.62. The molecule has 1 amide bonds. The molecule has 0 saturated heterocycles. The fraction of sp³-hybridized carbons (Fsp3) is 0.115. The zero-order valence-electron chi connectivity index (χ0n) is 18.6. The lowest BCUT2D eigenvalue weighted by Crippen LogP contribution is -2.21. The molecule has 0 aliphatic carbocycles. The van der Waals surface area contributed by atoms with Crippen LogP contribution >= 0.6 is 34.7 Å². The highest BCUT2D eigenvalue weighted by atomic mass is 35.5. The minimum Gasteiger partial charge on any atom is -0.378 e. The number of amides is 1. The van der Waals surface area contributed by atoms with E-state index in [-0.39, 0.29) is 5.91 Å². The van der Waals surface area contributed by atoms with Gasteiger partial charge in [-0.15, -0.1) is 11.8 Å². The molecule has 0 radical (unpaired) electrons. The van der Waals surface area contributed by atoms with Gasteiger partial charge in [-0.1, -0.05) is 47.2 Å². The van der Waals surface area contributed by atoms with Crippen molar-refractivity contribution >= 4 is 73.4 Å². The van der Waals surface area contributed by atoms with Gasteiger partial charge in [-0.2, -0.15) is 10.1 Å². The summed E-state index contributed by atoms with van der Waals surface area (Å²) in [5.41, 5.74) is 4.21. The molecule has 0 saturated carbocycles. The fourth-order valence-corrected chi connectivity index (χ4v) is 5.39. The Kier molecular flexibility index (Phi) is 6.41. The lowest BCUT2D eigenvalue weighted by atomic mass is 10.1. The highest BCUT2D eigenvalue weighted by Gasteiger charge is 2.33. The van der Waals surface area contributed by atoms with E-state index >= 15 is 0 Å². The Balaban J connectivity index is 1.48. The van der Waals surface area contributed by atoms with E-state index in [0.29, 0.717) is 21.5 Å². The molecule has 5 nitrogen and oxygen atoms in total. The molecule has 0 spiro atoms. The molecule has 34 heavy (non-hydrogen) atoms. The number of benzene rings is 3. The van der Waals surface area contributed by atoms with Crippen molar-refractivity contribution in [1.82, 2.24) is 4.98 Å². The van der Waals surface area contributed by atoms with E-state index in [4.69, 9.17) is 16.7 Å². The Morgan fingerprint density at radius 3 is 2.47 bits per heavy atom. The molecule has 3 aromatic carbocycles. The lowest BCUT2D eigenvalue weighted by molar-refractivity contribution is -0.114. The van der Waals surface area contributed by atoms with Crippen LogP contribution in [0, 0.1) is 0 Å². The van der Waals surface area contributed by atoms with Gasteiger partial charge in [-0.05, 0) is 60.2 Å². The quantitative estimate of drug-likeness (QED) is 0.219. The fourth-order valence-electron chi connectivity index (χ4n) is 3.51. The van der Waals surface area contributed by atoms with Crippen molar-refractivity contribution in [2.24, 2.45) is 5.10 Å². The minimum atomic E-state index is -0.164. The third kappa shape index (κ3) is 4.73. The largest absolute Gasteiger partial charge is 0.378 e. The van der Waals surface area contributed by atoms with Crippen LogP contribution in [-0.4, -0.2) is 36.5 Å². The van der Waals surface area contributed by atoms with Crippen molar-refractivity contribution in [1.29, 1.82) is 0 Å². The Labute approximate surface area is 211 Å². The van der Waals surface area contributed by atoms with Crippen LogP contribution in [0.1, 0.15) is 5.56 Å². The highest BCUT2D eigenvalue weighted by molar-refractivity contribution is 8.00. The van der Waals surface area contributed by atoms with Gasteiger partial charge in [-0.3, -0.25) is 4.79 Å². The topological polar surface area (TPSA) is 48.8 Å². The molecule has 170 valence electrons. The van der Waals surface area contributed by atoms with Crippen LogP contribution in [0.3, 0.4) is 0 Å². The standard InChI is InChI=1S/C26H21ClN4OS2/c1-30(2)19-11-7-17(8-12-19)15-21-23(16-33-20-13-9-18(27)10-14-20)29-31(25(21)32)26-28-22-5-3-4-6-24(22)34-26/h3-15H,16H2,1-2H3/b21-15-. The second-order valence-electron chi connectivity index (χ2n) is 7.91. The zero-order chi connectivity index (χ0) is 23.7. The number of hydrogen-bond acceptors (Lipinski definition) is 6. The molecule has 0 bridgehead atoms. The number of nitrogens with zero attached hydrogens (tertiary/aromatic N) is 4. The summed E-state index contributed by atoms with van der Waals surface area (Å²) in [6.45, 7) is 0. The van der Waals surface area contributed by atoms with Crippen LogP contribution in [0.2, 0.25) is 5.02 Å². The summed E-state index contributed by atoms with van der Waals surface area (Å²) in [4.78, 5) is 21.3. The number of aromatic nitrogens is 1. The number of carbonyl (C=O) groups is 1. The first kappa shape index (κ1) is 22.7. The number of thioether (sulfide) groups is 1. The highest BCUT2D eigenvalue weighted by Crippen LogP contribution is 2.34. The first-order valence-corrected chi connectivity index (χ1v) is 12.8. The molecule has 1 aliphatic rings. The Morgan fingerprint density at radius 1 is 1.03 bits per heavy atom. The van der Waals surface area contributed by atoms with Crippen LogP contribution in [-0.2, 0) is 4.79 Å². The average Bonchev–Trinajstić information content (AvgIpc) is 3.40. The summed E-state index contributed by atoms with van der Waals surface area (Å²) < 4.78 is 1.02. The van der Waals surface area contributed by atoms with Gasteiger partial charge < -0.3 is 4.90 Å². The summed E-state index contributed by atoms with van der Waals surface area (Å²) in [6.07, 6.45) is 1.91. The number of hydrazone groups is 1. The molecule has 2 heterocycles. The summed E-state index contributed by atoms with van der Waals surface area (Å²) in [5, 5.41) is 7.42. The number of thiazole rings is 1. The number of rotatable bonds is 6. The molecule has 0 atom stereocenters. The van der Waals surface area contributed by atoms with Crippen LogP contribution in [0.25, 0.3) is 16.3 Å². The Bertz CT molecular complexity index is 1380. The monoisotopic (exact) mass is 504 g/mol. The molecular formula is C26H21ClN4OS2. The van der Waals surface area contributed by atoms with Gasteiger partial charge in [0.1, 0.15) is 0 Å². The van der Waals surface area contributed by atoms with Crippen LogP contribution in [0.5, 0.6) is 0 Å². The number of halogens is 1. The third-order valence-corrected chi connectivity index (χ3v) is 7.62. The van der Waals surface area contributed by atoms with Gasteiger partial charge in [0.2, 0.25) is 5.13 Å². The van der Waals surface area contributed by atoms with Gasteiger partial charge >= 0.3 is 0 Å². The summed E-state index contributed by atoms with van der Waals surface area (Å²) in [6, 6.07) is 23.6. The van der Waals surface area contributed by atoms with E-state index < -0.39 is 0 Å². The van der Waals surface area contributed by atoms with Gasteiger partial charge in [0.15, 0.2) is 0 Å². The molecule has 4 aromatic rings. The summed E-state index contributed by atoms with van der Waals surface area (Å²) in [5.74, 6) is 0.388. The molecule has 1 aliphatic heterocycles. The van der Waals surface area contributed by atoms with Crippen molar-refractivity contribution in [2.75, 3.05) is 29.8 Å². The third-order valence-electron chi connectivity index (χ3n) is 5.33. The molecule has 1 aromatic heterocycles. The predicted octanol–water partition coefficient (Wildman–Crippen LogP) is 6.59. The number of para-hydroxylation sites is 1. The maximum Gasteiger partial charge on any atom is 0.282 e. The van der Waals surface area contributed by atoms with Gasteiger partial charge in [0, 0.05) is 35.5 Å². The Hall–Kier alpha value is -3.13. The first-order valence-electron chi connectivity index (χ1n) is 10.6. The normalized spacial score (nSPS) is 14.8. The molecule has 0 unspecified atom stereocenters. The van der Waals surface area contributed by atoms with E-state index in [1.54, 1.807) is 11.8 Å². The summed E-state index contributed by atoms with van der Waals surface area (Å²) in [7, 11) is 4.01. The molecule has 0 fully saturated rings.